The van der Waals surface area contributed by atoms with Crippen molar-refractivity contribution in [2.75, 3.05) is 9.80 Å². The van der Waals surface area contributed by atoms with Crippen LogP contribution in [0.5, 0.6) is 0 Å². The summed E-state index contributed by atoms with van der Waals surface area (Å²) in [5, 5.41) is 4.87. The van der Waals surface area contributed by atoms with Gasteiger partial charge in [0.1, 0.15) is 13.8 Å². The molecule has 70 heavy (non-hydrogen) atoms. The van der Waals surface area contributed by atoms with Gasteiger partial charge in [0.25, 0.3) is 0 Å². The molecule has 0 saturated carbocycles. The van der Waals surface area contributed by atoms with Gasteiger partial charge in [-0.3, -0.25) is 4.98 Å². The van der Waals surface area contributed by atoms with Crippen molar-refractivity contribution in [3.63, 3.8) is 0 Å². The van der Waals surface area contributed by atoms with Gasteiger partial charge in [0, 0.05) is 39.1 Å². The number of nitrogens with zero attached hydrogens (tertiary/aromatic N) is 6. The third-order valence-corrected chi connectivity index (χ3v) is 13.6. The van der Waals surface area contributed by atoms with Gasteiger partial charge in [-0.05, 0) is 152 Å². The smallest absolute Gasteiger partial charge is 0.399 e. The summed E-state index contributed by atoms with van der Waals surface area (Å²) in [6, 6.07) is 67.8. The topological polar surface area (TPSA) is 76.5 Å². The lowest BCUT2D eigenvalue weighted by Gasteiger charge is -2.32. The minimum atomic E-state index is -0.364. The van der Waals surface area contributed by atoms with Crippen molar-refractivity contribution in [1.29, 1.82) is 0 Å². The van der Waals surface area contributed by atoms with Crippen LogP contribution in [0.3, 0.4) is 0 Å². The van der Waals surface area contributed by atoms with Gasteiger partial charge in [-0.2, -0.15) is 0 Å². The molecule has 1 saturated heterocycles. The Morgan fingerprint density at radius 3 is 1.19 bits per heavy atom. The average Bonchev–Trinajstić information content (AvgIpc) is 3.62. The summed E-state index contributed by atoms with van der Waals surface area (Å²) in [6.45, 7) is 8.33. The second-order valence-electron chi connectivity index (χ2n) is 17.5. The largest absolute Gasteiger partial charge is 0.494 e. The number of rotatable bonds is 8. The van der Waals surface area contributed by atoms with Crippen LogP contribution in [0.1, 0.15) is 27.7 Å². The van der Waals surface area contributed by atoms with Crippen molar-refractivity contribution in [1.82, 2.24) is 19.9 Å². The number of benzene rings is 8. The second kappa shape index (κ2) is 21.6. The highest BCUT2D eigenvalue weighted by Crippen LogP contribution is 2.41. The van der Waals surface area contributed by atoms with Crippen molar-refractivity contribution in [2.24, 2.45) is 0 Å². The van der Waals surface area contributed by atoms with Gasteiger partial charge >= 0.3 is 7.12 Å². The fraction of sp³-hybridized carbons (Fsp3) is 0.103. The van der Waals surface area contributed by atoms with Gasteiger partial charge < -0.3 is 19.1 Å². The molecule has 0 spiro atoms. The van der Waals surface area contributed by atoms with E-state index in [0.717, 1.165) is 64.7 Å². The lowest BCUT2D eigenvalue weighted by molar-refractivity contribution is 0.00578. The highest BCUT2D eigenvalue weighted by Gasteiger charge is 2.51. The maximum absolute atomic E-state index is 6.24. The van der Waals surface area contributed by atoms with E-state index >= 15 is 0 Å². The molecule has 1 aliphatic rings. The molecule has 0 unspecified atom stereocenters. The van der Waals surface area contributed by atoms with E-state index in [4.69, 9.17) is 9.31 Å². The normalized spacial score (nSPS) is 13.4. The van der Waals surface area contributed by atoms with E-state index < -0.39 is 0 Å². The van der Waals surface area contributed by atoms with Crippen LogP contribution in [0, 0.1) is 0 Å². The van der Waals surface area contributed by atoms with Crippen LogP contribution in [0.25, 0.3) is 32.8 Å². The summed E-state index contributed by atoms with van der Waals surface area (Å²) >= 11 is 9.64. The molecule has 0 amide bonds. The summed E-state index contributed by atoms with van der Waals surface area (Å²) in [6.07, 6.45) is 6.75. The Kier molecular flexibility index (Phi) is 15.0. The number of para-hydroxylation sites is 2. The van der Waals surface area contributed by atoms with Crippen LogP contribution in [0.4, 0.5) is 34.1 Å². The zero-order valence-corrected chi connectivity index (χ0v) is 43.8. The number of fused-ring (bicyclic) bond motifs is 2. The average molecular weight is 1110 g/mol. The fourth-order valence-corrected chi connectivity index (χ4v) is 8.73. The zero-order valence-electron chi connectivity index (χ0n) is 39.0. The monoisotopic (exact) mass is 1110 g/mol. The van der Waals surface area contributed by atoms with Crippen molar-refractivity contribution in [3.8, 4) is 11.3 Å². The first kappa shape index (κ1) is 48.5. The van der Waals surface area contributed by atoms with Crippen LogP contribution in [0.2, 0.25) is 0 Å². The van der Waals surface area contributed by atoms with E-state index in [1.54, 1.807) is 24.8 Å². The first-order valence-corrected chi connectivity index (χ1v) is 25.1. The first-order chi connectivity index (χ1) is 33.9. The standard InChI is InChI=1S/C28H28BNO2.C26H18BrN3.C4H2Br2N2/c1-27(2)28(3,4)32-29(31-27)22-17-19-24(20-18-22)30(23-13-6-5-7-14-23)26-16-10-12-21-11-8-9-15-25(21)26;27-26-18-28-24(17-29-26)20-13-15-22(16-14-20)30(21-9-2-1-3-10-21)25-12-6-8-19-7-4-5-11-23(19)25;5-3-1-7-4(6)2-8-3/h5-20H,1-4H3;1-18H;1-2H. The van der Waals surface area contributed by atoms with Crippen LogP contribution in [0.15, 0.2) is 233 Å². The van der Waals surface area contributed by atoms with E-state index in [1.807, 2.05) is 12.1 Å². The molecule has 0 radical (unpaired) electrons. The predicted octanol–water partition coefficient (Wildman–Crippen LogP) is 16.1. The summed E-state index contributed by atoms with van der Waals surface area (Å²) in [5.74, 6) is 0. The molecule has 1 aliphatic heterocycles. The van der Waals surface area contributed by atoms with Crippen molar-refractivity contribution in [2.45, 2.75) is 38.9 Å². The van der Waals surface area contributed by atoms with Gasteiger partial charge in [-0.1, -0.05) is 133 Å². The summed E-state index contributed by atoms with van der Waals surface area (Å²) in [4.78, 5) is 21.1. The van der Waals surface area contributed by atoms with Gasteiger partial charge in [0.05, 0.1) is 53.1 Å². The Morgan fingerprint density at radius 1 is 0.386 bits per heavy atom. The number of hydrogen-bond donors (Lipinski definition) is 0. The molecule has 8 aromatic carbocycles. The van der Waals surface area contributed by atoms with Crippen LogP contribution >= 0.6 is 47.8 Å². The van der Waals surface area contributed by atoms with E-state index in [-0.39, 0.29) is 18.3 Å². The van der Waals surface area contributed by atoms with Crippen molar-refractivity contribution < 1.29 is 9.31 Å². The van der Waals surface area contributed by atoms with E-state index in [2.05, 4.69) is 287 Å². The van der Waals surface area contributed by atoms with Gasteiger partial charge in [-0.15, -0.1) is 0 Å². The van der Waals surface area contributed by atoms with Crippen LogP contribution in [-0.2, 0) is 9.31 Å². The second-order valence-corrected chi connectivity index (χ2v) is 19.9. The van der Waals surface area contributed by atoms with Gasteiger partial charge in [0.2, 0.25) is 0 Å². The summed E-state index contributed by atoms with van der Waals surface area (Å²) in [7, 11) is -0.364. The molecule has 10 aromatic rings. The Hall–Kier alpha value is -6.54. The Bertz CT molecular complexity index is 3270. The molecule has 346 valence electrons. The van der Waals surface area contributed by atoms with E-state index in [0.29, 0.717) is 0 Å². The minimum absolute atomic E-state index is 0.352. The van der Waals surface area contributed by atoms with Crippen LogP contribution < -0.4 is 15.3 Å². The third-order valence-electron chi connectivity index (χ3n) is 12.4. The molecular weight excluding hydrogens is 1060 g/mol. The van der Waals surface area contributed by atoms with E-state index in [9.17, 15) is 0 Å². The molecule has 1 fully saturated rings. The van der Waals surface area contributed by atoms with Gasteiger partial charge in [0.15, 0.2) is 0 Å². The molecule has 2 aromatic heterocycles. The molecule has 0 aliphatic carbocycles. The first-order valence-electron chi connectivity index (χ1n) is 22.8. The highest BCUT2D eigenvalue weighted by atomic mass is 79.9. The number of hydrogen-bond acceptors (Lipinski definition) is 8. The molecule has 11 rings (SSSR count). The maximum Gasteiger partial charge on any atom is 0.494 e. The number of halogens is 3. The quantitative estimate of drug-likeness (QED) is 0.139. The van der Waals surface area contributed by atoms with E-state index in [1.165, 1.54) is 21.5 Å². The number of anilines is 6. The fourth-order valence-electron chi connectivity index (χ4n) is 8.11. The molecular formula is C58H48BBr3N6O2. The Morgan fingerprint density at radius 2 is 0.757 bits per heavy atom. The summed E-state index contributed by atoms with van der Waals surface area (Å²) < 4.78 is 14.7. The number of aromatic nitrogens is 4. The molecule has 12 heteroatoms. The SMILES string of the molecule is Brc1cnc(-c2ccc(N(c3ccccc3)c3cccc4ccccc34)cc2)cn1.Brc1cnc(Br)cn1.CC1(C)OB(c2ccc(N(c3ccccc3)c3cccc4ccccc34)cc2)OC1(C)C. The predicted molar refractivity (Wildman–Crippen MR) is 299 cm³/mol. The maximum atomic E-state index is 6.24. The lowest BCUT2D eigenvalue weighted by Crippen LogP contribution is -2.41. The molecule has 0 atom stereocenters. The molecule has 0 N–H and O–H groups in total. The van der Waals surface area contributed by atoms with Crippen LogP contribution in [-0.4, -0.2) is 38.3 Å². The minimum Gasteiger partial charge on any atom is -0.399 e. The Balaban J connectivity index is 0.000000150. The van der Waals surface area contributed by atoms with Crippen molar-refractivity contribution >= 4 is 116 Å². The van der Waals surface area contributed by atoms with Gasteiger partial charge in [-0.25, -0.2) is 15.0 Å². The lowest BCUT2D eigenvalue weighted by atomic mass is 9.79. The molecule has 3 heterocycles. The summed E-state index contributed by atoms with van der Waals surface area (Å²) in [5.41, 5.74) is 8.92. The highest BCUT2D eigenvalue weighted by molar-refractivity contribution is 9.11. The Labute approximate surface area is 435 Å². The zero-order chi connectivity index (χ0) is 48.7. The molecule has 0 bridgehead atoms. The molecule has 8 nitrogen and oxygen atoms in total. The third kappa shape index (κ3) is 11.1. The van der Waals surface area contributed by atoms with Crippen molar-refractivity contribution in [3.05, 3.63) is 233 Å².